The van der Waals surface area contributed by atoms with Gasteiger partial charge in [0.15, 0.2) is 18.5 Å². The summed E-state index contributed by atoms with van der Waals surface area (Å²) in [6.45, 7) is 0.590. The summed E-state index contributed by atoms with van der Waals surface area (Å²) in [6, 6.07) is 0. The third-order valence-electron chi connectivity index (χ3n) is 2.29. The summed E-state index contributed by atoms with van der Waals surface area (Å²) < 4.78 is 63.6. The molecule has 21 heavy (non-hydrogen) atoms. The quantitative estimate of drug-likeness (QED) is 0.436. The first kappa shape index (κ1) is 18.3. The van der Waals surface area contributed by atoms with E-state index in [1.165, 1.54) is 0 Å². The van der Waals surface area contributed by atoms with E-state index in [4.69, 9.17) is 9.47 Å². The molecule has 0 saturated carbocycles. The van der Waals surface area contributed by atoms with Crippen molar-refractivity contribution in [3.63, 3.8) is 0 Å². The molecule has 124 valence electrons. The van der Waals surface area contributed by atoms with Gasteiger partial charge in [0.2, 0.25) is 0 Å². The van der Waals surface area contributed by atoms with Crippen LogP contribution in [0.1, 0.15) is 6.92 Å². The highest BCUT2D eigenvalue weighted by Crippen LogP contribution is 2.24. The minimum absolute atomic E-state index is 0.435. The van der Waals surface area contributed by atoms with Crippen LogP contribution in [0.25, 0.3) is 0 Å². The Kier molecular flexibility index (Phi) is 5.69. The molecule has 0 bridgehead atoms. The molecule has 0 spiro atoms. The normalized spacial score (nSPS) is 30.9. The van der Waals surface area contributed by atoms with Crippen molar-refractivity contribution >= 4 is 26.2 Å². The van der Waals surface area contributed by atoms with Gasteiger partial charge in [-0.2, -0.15) is 16.8 Å². The second-order valence-electron chi connectivity index (χ2n) is 4.40. The lowest BCUT2D eigenvalue weighted by molar-refractivity contribution is -0.245. The van der Waals surface area contributed by atoms with E-state index in [1.54, 1.807) is 0 Å². The van der Waals surface area contributed by atoms with Crippen molar-refractivity contribution in [2.45, 2.75) is 31.5 Å². The maximum Gasteiger partial charge on any atom is 0.303 e. The van der Waals surface area contributed by atoms with E-state index in [-0.39, 0.29) is 0 Å². The third kappa shape index (κ3) is 6.23. The van der Waals surface area contributed by atoms with Crippen LogP contribution < -0.4 is 0 Å². The molecule has 0 aromatic heterocycles. The fourth-order valence-corrected chi connectivity index (χ4v) is 2.93. The van der Waals surface area contributed by atoms with Gasteiger partial charge in [-0.3, -0.25) is 13.2 Å². The van der Waals surface area contributed by atoms with Crippen LogP contribution in [0.15, 0.2) is 0 Å². The molecule has 0 aromatic carbocycles. The number of aliphatic hydroxyl groups is 1. The van der Waals surface area contributed by atoms with Crippen molar-refractivity contribution in [1.29, 1.82) is 0 Å². The molecule has 0 radical (unpaired) electrons. The molecular formula is C9H16O10S2. The second-order valence-corrected chi connectivity index (χ2v) is 7.60. The summed E-state index contributed by atoms with van der Waals surface area (Å²) in [6.07, 6.45) is -4.73. The number of carbonyl (C=O) groups is 1. The zero-order chi connectivity index (χ0) is 16.4. The van der Waals surface area contributed by atoms with E-state index in [9.17, 15) is 26.7 Å². The van der Waals surface area contributed by atoms with Crippen molar-refractivity contribution in [1.82, 2.24) is 0 Å². The molecule has 1 rings (SSSR count). The van der Waals surface area contributed by atoms with Gasteiger partial charge in [0.25, 0.3) is 20.2 Å². The van der Waals surface area contributed by atoms with E-state index in [0.29, 0.717) is 6.26 Å². The Balaban J connectivity index is 3.07. The molecule has 12 heteroatoms. The Labute approximate surface area is 122 Å². The molecule has 0 unspecified atom stereocenters. The molecule has 1 aliphatic rings. The van der Waals surface area contributed by atoms with E-state index < -0.39 is 57.4 Å². The third-order valence-corrected chi connectivity index (χ3v) is 3.46. The van der Waals surface area contributed by atoms with Crippen LogP contribution >= 0.6 is 0 Å². The molecular weight excluding hydrogens is 332 g/mol. The highest BCUT2D eigenvalue weighted by Gasteiger charge is 2.46. The lowest BCUT2D eigenvalue weighted by atomic mass is 10.1. The van der Waals surface area contributed by atoms with Gasteiger partial charge in [-0.1, -0.05) is 0 Å². The molecule has 1 N–H and O–H groups in total. The van der Waals surface area contributed by atoms with Crippen LogP contribution in [0.3, 0.4) is 0 Å². The molecule has 10 nitrogen and oxygen atoms in total. The van der Waals surface area contributed by atoms with Crippen LogP contribution in [0.5, 0.6) is 0 Å². The number of carbonyl (C=O) groups excluding carboxylic acids is 1. The molecule has 1 saturated heterocycles. The van der Waals surface area contributed by atoms with Gasteiger partial charge in [-0.15, -0.1) is 0 Å². The van der Waals surface area contributed by atoms with E-state index in [0.717, 1.165) is 13.2 Å². The number of hydrogen-bond donors (Lipinski definition) is 1. The lowest BCUT2D eigenvalue weighted by Crippen LogP contribution is -2.57. The first-order valence-corrected chi connectivity index (χ1v) is 9.26. The topological polar surface area (TPSA) is 142 Å². The van der Waals surface area contributed by atoms with Crippen molar-refractivity contribution in [3.8, 4) is 0 Å². The van der Waals surface area contributed by atoms with Crippen molar-refractivity contribution in [2.75, 3.05) is 19.1 Å². The summed E-state index contributed by atoms with van der Waals surface area (Å²) in [5.74, 6) is -0.835. The highest BCUT2D eigenvalue weighted by atomic mass is 32.2. The monoisotopic (exact) mass is 348 g/mol. The number of rotatable bonds is 5. The summed E-state index contributed by atoms with van der Waals surface area (Å²) >= 11 is 0. The predicted molar refractivity (Wildman–Crippen MR) is 66.9 cm³/mol. The maximum absolute atomic E-state index is 11.2. The SMILES string of the molecule is CC(=O)O[C@@H]1[C@@H](OS(C)(=O)=O)[C@@H](O)OC[C@H]1OS(C)(=O)=O. The number of esters is 1. The summed E-state index contributed by atoms with van der Waals surface area (Å²) in [5.41, 5.74) is 0. The van der Waals surface area contributed by atoms with Gasteiger partial charge in [-0.25, -0.2) is 0 Å². The van der Waals surface area contributed by atoms with Gasteiger partial charge in [0, 0.05) is 6.92 Å². The minimum atomic E-state index is -4.03. The molecule has 4 atom stereocenters. The zero-order valence-corrected chi connectivity index (χ0v) is 13.1. The van der Waals surface area contributed by atoms with Crippen molar-refractivity contribution in [2.24, 2.45) is 0 Å². The average molecular weight is 348 g/mol. The highest BCUT2D eigenvalue weighted by molar-refractivity contribution is 7.86. The van der Waals surface area contributed by atoms with E-state index in [1.807, 2.05) is 0 Å². The number of aliphatic hydroxyl groups excluding tert-OH is 1. The molecule has 1 fully saturated rings. The number of ether oxygens (including phenoxy) is 2. The van der Waals surface area contributed by atoms with Crippen LogP contribution in [-0.2, 0) is 42.9 Å². The summed E-state index contributed by atoms with van der Waals surface area (Å²) in [5, 5.41) is 9.62. The van der Waals surface area contributed by atoms with Crippen LogP contribution in [0.2, 0.25) is 0 Å². The van der Waals surface area contributed by atoms with Crippen LogP contribution in [0, 0.1) is 0 Å². The molecule has 1 heterocycles. The smallest absolute Gasteiger partial charge is 0.303 e. The maximum atomic E-state index is 11.2. The molecule has 0 aromatic rings. The Bertz CT molecular complexity index is 580. The summed E-state index contributed by atoms with van der Waals surface area (Å²) in [7, 11) is -7.96. The van der Waals surface area contributed by atoms with Crippen LogP contribution in [-0.4, -0.2) is 71.6 Å². The van der Waals surface area contributed by atoms with Gasteiger partial charge < -0.3 is 14.6 Å². The molecule has 0 aliphatic carbocycles. The second kappa shape index (κ2) is 6.54. The fourth-order valence-electron chi connectivity index (χ4n) is 1.70. The molecule has 1 aliphatic heterocycles. The Morgan fingerprint density at radius 2 is 1.62 bits per heavy atom. The van der Waals surface area contributed by atoms with Gasteiger partial charge in [0.05, 0.1) is 19.1 Å². The Hall–Kier alpha value is -0.790. The predicted octanol–water partition coefficient (Wildman–Crippen LogP) is -2.04. The standard InChI is InChI=1S/C9H16O10S2/c1-5(10)17-7-6(18-20(2,12)13)4-16-9(11)8(7)19-21(3,14)15/h6-9,11H,4H2,1-3H3/t6-,7+,8-,9+/m1/s1. The summed E-state index contributed by atoms with van der Waals surface area (Å²) in [4.78, 5) is 11.1. The fraction of sp³-hybridized carbons (Fsp3) is 0.889. The number of hydrogen-bond acceptors (Lipinski definition) is 10. The molecule has 0 amide bonds. The van der Waals surface area contributed by atoms with Gasteiger partial charge in [-0.05, 0) is 0 Å². The Morgan fingerprint density at radius 3 is 2.05 bits per heavy atom. The Morgan fingerprint density at radius 1 is 1.10 bits per heavy atom. The van der Waals surface area contributed by atoms with E-state index >= 15 is 0 Å². The van der Waals surface area contributed by atoms with Crippen LogP contribution in [0.4, 0.5) is 0 Å². The first-order chi connectivity index (χ1) is 9.39. The first-order valence-electron chi connectivity index (χ1n) is 5.62. The minimum Gasteiger partial charge on any atom is -0.457 e. The van der Waals surface area contributed by atoms with Crippen molar-refractivity contribution in [3.05, 3.63) is 0 Å². The average Bonchev–Trinajstić information content (AvgIpc) is 2.23. The van der Waals surface area contributed by atoms with Gasteiger partial charge in [0.1, 0.15) is 6.10 Å². The van der Waals surface area contributed by atoms with Crippen molar-refractivity contribution < 1.29 is 44.6 Å². The lowest BCUT2D eigenvalue weighted by Gasteiger charge is -2.37. The largest absolute Gasteiger partial charge is 0.457 e. The van der Waals surface area contributed by atoms with E-state index in [2.05, 4.69) is 8.37 Å². The van der Waals surface area contributed by atoms with Gasteiger partial charge >= 0.3 is 5.97 Å². The zero-order valence-electron chi connectivity index (χ0n) is 11.5.